The first kappa shape index (κ1) is 23.1. The lowest BCUT2D eigenvalue weighted by molar-refractivity contribution is -0.129. The Kier molecular flexibility index (Phi) is 6.43. The van der Waals surface area contributed by atoms with Gasteiger partial charge < -0.3 is 9.30 Å². The summed E-state index contributed by atoms with van der Waals surface area (Å²) in [6, 6.07) is 15.9. The van der Waals surface area contributed by atoms with Crippen LogP contribution in [0.25, 0.3) is 11.8 Å². The fourth-order valence-corrected chi connectivity index (χ4v) is 4.05. The van der Waals surface area contributed by atoms with E-state index in [0.717, 1.165) is 15.5 Å². The van der Waals surface area contributed by atoms with Crippen molar-refractivity contribution in [3.05, 3.63) is 89.0 Å². The van der Waals surface area contributed by atoms with Gasteiger partial charge in [0.2, 0.25) is 0 Å². The standard InChI is InChI=1S/C26H24FN3O4/c1-17-15-19(18(2)29(17)23-12-8-7-11-22(23)27)16-21-24(31)28(13-14-34-3)26(33)30(25(21)32)20-9-5-4-6-10-20/h4-12,15-16H,13-14H2,1-3H3/b21-16-. The maximum absolute atomic E-state index is 14.5. The molecular formula is C26H24FN3O4. The van der Waals surface area contributed by atoms with Gasteiger partial charge in [-0.2, -0.15) is 0 Å². The van der Waals surface area contributed by atoms with Crippen LogP contribution in [0.5, 0.6) is 0 Å². The first-order chi connectivity index (χ1) is 16.3. The van der Waals surface area contributed by atoms with E-state index in [0.29, 0.717) is 22.6 Å². The molecule has 2 aromatic carbocycles. The highest BCUT2D eigenvalue weighted by atomic mass is 19.1. The van der Waals surface area contributed by atoms with E-state index in [1.807, 2.05) is 6.92 Å². The number of urea groups is 1. The quantitative estimate of drug-likeness (QED) is 0.406. The van der Waals surface area contributed by atoms with E-state index >= 15 is 0 Å². The van der Waals surface area contributed by atoms with Gasteiger partial charge in [-0.15, -0.1) is 0 Å². The summed E-state index contributed by atoms with van der Waals surface area (Å²) >= 11 is 0. The predicted octanol–water partition coefficient (Wildman–Crippen LogP) is 4.26. The van der Waals surface area contributed by atoms with Crippen molar-refractivity contribution in [2.45, 2.75) is 13.8 Å². The Bertz CT molecular complexity index is 1300. The lowest BCUT2D eigenvalue weighted by atomic mass is 10.1. The lowest BCUT2D eigenvalue weighted by Gasteiger charge is -2.33. The van der Waals surface area contributed by atoms with Gasteiger partial charge in [0.25, 0.3) is 11.8 Å². The molecule has 0 bridgehead atoms. The summed E-state index contributed by atoms with van der Waals surface area (Å²) in [7, 11) is 1.47. The fourth-order valence-electron chi connectivity index (χ4n) is 4.05. The second kappa shape index (κ2) is 9.44. The summed E-state index contributed by atoms with van der Waals surface area (Å²) in [4.78, 5) is 41.7. The molecule has 4 amide bonds. The molecule has 8 heteroatoms. The molecule has 3 aromatic rings. The van der Waals surface area contributed by atoms with Crippen LogP contribution in [0.15, 0.2) is 66.2 Å². The Labute approximate surface area is 196 Å². The molecule has 0 radical (unpaired) electrons. The van der Waals surface area contributed by atoms with Gasteiger partial charge in [-0.25, -0.2) is 14.1 Å². The number of benzene rings is 2. The van der Waals surface area contributed by atoms with E-state index in [1.54, 1.807) is 66.1 Å². The molecule has 7 nitrogen and oxygen atoms in total. The first-order valence-electron chi connectivity index (χ1n) is 10.7. The number of barbiturate groups is 1. The molecular weight excluding hydrogens is 437 g/mol. The van der Waals surface area contributed by atoms with Crippen LogP contribution < -0.4 is 4.90 Å². The summed E-state index contributed by atoms with van der Waals surface area (Å²) in [6.45, 7) is 3.73. The molecule has 0 N–H and O–H groups in total. The number of hydrogen-bond acceptors (Lipinski definition) is 4. The number of para-hydroxylation sites is 2. The van der Waals surface area contributed by atoms with Gasteiger partial charge in [0, 0.05) is 18.5 Å². The monoisotopic (exact) mass is 461 g/mol. The number of imide groups is 2. The first-order valence-corrected chi connectivity index (χ1v) is 10.7. The molecule has 1 aliphatic rings. The normalized spacial score (nSPS) is 15.5. The SMILES string of the molecule is COCCN1C(=O)/C(=C/c2cc(C)n(-c3ccccc3F)c2C)C(=O)N(c2ccccc2)C1=O. The largest absolute Gasteiger partial charge is 0.383 e. The minimum Gasteiger partial charge on any atom is -0.383 e. The minimum atomic E-state index is -0.729. The van der Waals surface area contributed by atoms with E-state index in [1.165, 1.54) is 19.3 Å². The van der Waals surface area contributed by atoms with Crippen molar-refractivity contribution in [3.63, 3.8) is 0 Å². The van der Waals surface area contributed by atoms with Crippen molar-refractivity contribution in [2.24, 2.45) is 0 Å². The van der Waals surface area contributed by atoms with Crippen molar-refractivity contribution in [2.75, 3.05) is 25.2 Å². The van der Waals surface area contributed by atoms with Crippen molar-refractivity contribution in [3.8, 4) is 5.69 Å². The number of nitrogens with zero attached hydrogens (tertiary/aromatic N) is 3. The smallest absolute Gasteiger partial charge is 0.338 e. The molecule has 4 rings (SSSR count). The number of aromatic nitrogens is 1. The third-order valence-electron chi connectivity index (χ3n) is 5.73. The Morgan fingerprint density at radius 2 is 1.62 bits per heavy atom. The second-order valence-corrected chi connectivity index (χ2v) is 7.88. The molecule has 1 aliphatic heterocycles. The zero-order valence-corrected chi connectivity index (χ0v) is 19.1. The van der Waals surface area contributed by atoms with Crippen LogP contribution >= 0.6 is 0 Å². The highest BCUT2D eigenvalue weighted by Gasteiger charge is 2.42. The molecule has 0 saturated carbocycles. The van der Waals surface area contributed by atoms with E-state index < -0.39 is 17.8 Å². The lowest BCUT2D eigenvalue weighted by Crippen LogP contribution is -2.57. The van der Waals surface area contributed by atoms with Gasteiger partial charge in [0.1, 0.15) is 11.4 Å². The van der Waals surface area contributed by atoms with Crippen molar-refractivity contribution < 1.29 is 23.5 Å². The highest BCUT2D eigenvalue weighted by molar-refractivity contribution is 6.39. The van der Waals surface area contributed by atoms with Crippen LogP contribution in [0.4, 0.5) is 14.9 Å². The van der Waals surface area contributed by atoms with Gasteiger partial charge >= 0.3 is 6.03 Å². The van der Waals surface area contributed by atoms with Gasteiger partial charge in [-0.1, -0.05) is 30.3 Å². The minimum absolute atomic E-state index is 0.00360. The van der Waals surface area contributed by atoms with Gasteiger partial charge in [0.05, 0.1) is 24.5 Å². The molecule has 174 valence electrons. The number of rotatable bonds is 6. The summed E-state index contributed by atoms with van der Waals surface area (Å²) in [6.07, 6.45) is 1.46. The number of aryl methyl sites for hydroxylation is 1. The number of ether oxygens (including phenoxy) is 1. The Morgan fingerprint density at radius 1 is 0.941 bits per heavy atom. The number of hydrogen-bond donors (Lipinski definition) is 0. The van der Waals surface area contributed by atoms with Crippen LogP contribution in [0.3, 0.4) is 0 Å². The zero-order valence-electron chi connectivity index (χ0n) is 19.1. The summed E-state index contributed by atoms with van der Waals surface area (Å²) in [5.41, 5.74) is 2.53. The number of anilines is 1. The maximum Gasteiger partial charge on any atom is 0.338 e. The molecule has 2 heterocycles. The maximum atomic E-state index is 14.5. The molecule has 1 fully saturated rings. The van der Waals surface area contributed by atoms with Crippen LogP contribution in [0, 0.1) is 19.7 Å². The molecule has 0 atom stereocenters. The van der Waals surface area contributed by atoms with Crippen molar-refractivity contribution in [1.29, 1.82) is 0 Å². The molecule has 0 spiro atoms. The van der Waals surface area contributed by atoms with Crippen LogP contribution in [0.2, 0.25) is 0 Å². The summed E-state index contributed by atoms with van der Waals surface area (Å²) < 4.78 is 21.2. The average molecular weight is 461 g/mol. The van der Waals surface area contributed by atoms with E-state index in [4.69, 9.17) is 4.74 Å². The molecule has 0 unspecified atom stereocenters. The molecule has 0 aliphatic carbocycles. The zero-order chi connectivity index (χ0) is 24.4. The van der Waals surface area contributed by atoms with Crippen molar-refractivity contribution >= 4 is 29.6 Å². The average Bonchev–Trinajstić information content (AvgIpc) is 3.10. The van der Waals surface area contributed by atoms with E-state index in [9.17, 15) is 18.8 Å². The molecule has 1 aromatic heterocycles. The third kappa shape index (κ3) is 4.04. The van der Waals surface area contributed by atoms with E-state index in [2.05, 4.69) is 0 Å². The van der Waals surface area contributed by atoms with Crippen molar-refractivity contribution in [1.82, 2.24) is 9.47 Å². The van der Waals surface area contributed by atoms with Crippen LogP contribution in [-0.2, 0) is 14.3 Å². The van der Waals surface area contributed by atoms with Crippen LogP contribution in [0.1, 0.15) is 17.0 Å². The van der Waals surface area contributed by atoms with Gasteiger partial charge in [0.15, 0.2) is 0 Å². The fraction of sp³-hybridized carbons (Fsp3) is 0.192. The summed E-state index contributed by atoms with van der Waals surface area (Å²) in [5.74, 6) is -1.81. The Balaban J connectivity index is 1.82. The summed E-state index contributed by atoms with van der Waals surface area (Å²) in [5, 5.41) is 0. The number of carbonyl (C=O) groups is 3. The number of halogens is 1. The second-order valence-electron chi connectivity index (χ2n) is 7.88. The number of methoxy groups -OCH3 is 1. The number of amides is 4. The number of carbonyl (C=O) groups excluding carboxylic acids is 3. The Hall–Kier alpha value is -4.04. The topological polar surface area (TPSA) is 71.8 Å². The van der Waals surface area contributed by atoms with Gasteiger partial charge in [-0.3, -0.25) is 14.5 Å². The highest BCUT2D eigenvalue weighted by Crippen LogP contribution is 2.29. The van der Waals surface area contributed by atoms with E-state index in [-0.39, 0.29) is 24.5 Å². The Morgan fingerprint density at radius 3 is 2.29 bits per heavy atom. The van der Waals surface area contributed by atoms with Crippen LogP contribution in [-0.4, -0.2) is 47.6 Å². The molecule has 34 heavy (non-hydrogen) atoms. The van der Waals surface area contributed by atoms with Gasteiger partial charge in [-0.05, 0) is 55.8 Å². The molecule has 1 saturated heterocycles. The predicted molar refractivity (Wildman–Crippen MR) is 126 cm³/mol. The third-order valence-corrected chi connectivity index (χ3v) is 5.73.